The van der Waals surface area contributed by atoms with Gasteiger partial charge >= 0.3 is 5.97 Å². The number of hydrogen-bond donors (Lipinski definition) is 2. The van der Waals surface area contributed by atoms with Gasteiger partial charge in [0.25, 0.3) is 5.91 Å². The summed E-state index contributed by atoms with van der Waals surface area (Å²) in [7, 11) is 0. The van der Waals surface area contributed by atoms with E-state index in [2.05, 4.69) is 62.5 Å². The fraction of sp³-hybridized carbons (Fsp3) is 0.325. The van der Waals surface area contributed by atoms with Gasteiger partial charge in [-0.25, -0.2) is 9.78 Å². The number of nitrogens with zero attached hydrogens (tertiary/aromatic N) is 1. The third-order valence-corrected chi connectivity index (χ3v) is 10.2. The van der Waals surface area contributed by atoms with Gasteiger partial charge in [0.1, 0.15) is 23.2 Å². The number of carbonyl (C=O) groups excluding carboxylic acids is 1. The molecule has 1 atom stereocenters. The first kappa shape index (κ1) is 32.5. The van der Waals surface area contributed by atoms with Crippen molar-refractivity contribution in [1.82, 2.24) is 10.3 Å². The van der Waals surface area contributed by atoms with E-state index in [9.17, 15) is 14.7 Å². The van der Waals surface area contributed by atoms with E-state index in [0.29, 0.717) is 11.7 Å². The molecule has 0 radical (unpaired) electrons. The molecule has 1 fully saturated rings. The molecule has 1 aliphatic rings. The molecule has 0 spiro atoms. The van der Waals surface area contributed by atoms with E-state index >= 15 is 0 Å². The summed E-state index contributed by atoms with van der Waals surface area (Å²) in [5.41, 5.74) is 4.65. The molecule has 0 aliphatic heterocycles. The Labute approximate surface area is 280 Å². The van der Waals surface area contributed by atoms with Crippen molar-refractivity contribution in [2.45, 2.75) is 77.7 Å². The van der Waals surface area contributed by atoms with Gasteiger partial charge in [-0.3, -0.25) is 4.79 Å². The first-order chi connectivity index (χ1) is 22.5. The maximum Gasteiger partial charge on any atom is 0.326 e. The molecule has 0 bridgehead atoms. The number of aryl methyl sites for hydroxylation is 1. The van der Waals surface area contributed by atoms with E-state index in [1.807, 2.05) is 49.4 Å². The Balaban J connectivity index is 1.23. The number of rotatable bonds is 10. The van der Waals surface area contributed by atoms with E-state index < -0.39 is 17.9 Å². The minimum Gasteiger partial charge on any atom is -0.480 e. The smallest absolute Gasteiger partial charge is 0.326 e. The Morgan fingerprint density at radius 2 is 1.64 bits per heavy atom. The fourth-order valence-electron chi connectivity index (χ4n) is 6.27. The SMILES string of the molecule is Cc1ccc(-c2ccc(CC(NC(=O)c3cc4ccc(Oc5ccc(C(C)(C)C)cc5)cc4c(CC4CCCC4)n3)C(=O)O)s2)cc1. The average molecular weight is 647 g/mol. The summed E-state index contributed by atoms with van der Waals surface area (Å²) >= 11 is 1.54. The Morgan fingerprint density at radius 1 is 0.936 bits per heavy atom. The Bertz CT molecular complexity index is 1880. The summed E-state index contributed by atoms with van der Waals surface area (Å²) in [4.78, 5) is 32.7. The fourth-order valence-corrected chi connectivity index (χ4v) is 7.33. The molecule has 3 aromatic carbocycles. The van der Waals surface area contributed by atoms with Crippen LogP contribution < -0.4 is 10.1 Å². The summed E-state index contributed by atoms with van der Waals surface area (Å²) in [5.74, 6) is 0.413. The monoisotopic (exact) mass is 646 g/mol. The lowest BCUT2D eigenvalue weighted by molar-refractivity contribution is -0.139. The highest BCUT2D eigenvalue weighted by atomic mass is 32.1. The van der Waals surface area contributed by atoms with Crippen LogP contribution in [-0.2, 0) is 23.1 Å². The van der Waals surface area contributed by atoms with Crippen molar-refractivity contribution in [1.29, 1.82) is 0 Å². The quantitative estimate of drug-likeness (QED) is 0.158. The molecule has 242 valence electrons. The number of fused-ring (bicyclic) bond motifs is 1. The lowest BCUT2D eigenvalue weighted by atomic mass is 9.87. The number of thiophene rings is 1. The maximum atomic E-state index is 13.6. The van der Waals surface area contributed by atoms with Gasteiger partial charge in [0, 0.05) is 27.3 Å². The van der Waals surface area contributed by atoms with Crippen LogP contribution in [-0.4, -0.2) is 28.0 Å². The summed E-state index contributed by atoms with van der Waals surface area (Å²) in [6, 6.07) is 26.9. The number of amides is 1. The topological polar surface area (TPSA) is 88.5 Å². The number of pyridine rings is 1. The number of aliphatic carboxylic acids is 1. The van der Waals surface area contributed by atoms with Crippen LogP contribution in [0.25, 0.3) is 21.2 Å². The summed E-state index contributed by atoms with van der Waals surface area (Å²) < 4.78 is 6.26. The van der Waals surface area contributed by atoms with Gasteiger partial charge in [0.2, 0.25) is 0 Å². The standard InChI is InChI=1S/C40H42N2O4S/c1-25-9-11-27(12-10-25)37-20-19-32(47-37)24-36(39(44)45)42-38(43)35-22-28-13-16-31(46-30-17-14-29(15-18-30)40(2,3)4)23-33(28)34(41-35)21-26-7-5-6-8-26/h9-20,22-23,26,36H,5-8,21,24H2,1-4H3,(H,42,43)(H,44,45). The number of carbonyl (C=O) groups is 2. The third kappa shape index (κ3) is 7.91. The predicted molar refractivity (Wildman–Crippen MR) is 190 cm³/mol. The van der Waals surface area contributed by atoms with Gasteiger partial charge in [0.15, 0.2) is 0 Å². The molecule has 2 N–H and O–H groups in total. The second kappa shape index (κ2) is 13.7. The van der Waals surface area contributed by atoms with E-state index in [1.165, 1.54) is 24.0 Å². The van der Waals surface area contributed by atoms with E-state index in [4.69, 9.17) is 9.72 Å². The molecule has 2 aromatic heterocycles. The van der Waals surface area contributed by atoms with Crippen LogP contribution in [0.2, 0.25) is 0 Å². The molecule has 0 saturated heterocycles. The lowest BCUT2D eigenvalue weighted by Crippen LogP contribution is -2.42. The molecule has 1 aliphatic carbocycles. The number of nitrogens with one attached hydrogen (secondary N) is 1. The van der Waals surface area contributed by atoms with Crippen LogP contribution in [0.3, 0.4) is 0 Å². The van der Waals surface area contributed by atoms with Gasteiger partial charge in [0.05, 0.1) is 0 Å². The van der Waals surface area contributed by atoms with Crippen LogP contribution in [0.4, 0.5) is 0 Å². The largest absolute Gasteiger partial charge is 0.480 e. The Morgan fingerprint density at radius 3 is 2.32 bits per heavy atom. The molecule has 7 heteroatoms. The second-order valence-corrected chi connectivity index (χ2v) is 14.9. The molecule has 1 saturated carbocycles. The molecule has 1 unspecified atom stereocenters. The summed E-state index contributed by atoms with van der Waals surface area (Å²) in [6.45, 7) is 8.61. The molecular weight excluding hydrogens is 605 g/mol. The van der Waals surface area contributed by atoms with Crippen LogP contribution in [0.15, 0.2) is 84.9 Å². The van der Waals surface area contributed by atoms with E-state index in [0.717, 1.165) is 56.8 Å². The molecule has 2 heterocycles. The second-order valence-electron chi connectivity index (χ2n) is 13.8. The highest BCUT2D eigenvalue weighted by Crippen LogP contribution is 2.34. The first-order valence-electron chi connectivity index (χ1n) is 16.4. The normalized spacial score (nSPS) is 14.3. The van der Waals surface area contributed by atoms with Crippen molar-refractivity contribution in [3.8, 4) is 21.9 Å². The van der Waals surface area contributed by atoms with Gasteiger partial charge < -0.3 is 15.2 Å². The van der Waals surface area contributed by atoms with Crippen molar-refractivity contribution in [2.75, 3.05) is 0 Å². The van der Waals surface area contributed by atoms with Crippen LogP contribution in [0.5, 0.6) is 11.5 Å². The highest BCUT2D eigenvalue weighted by Gasteiger charge is 2.25. The van der Waals surface area contributed by atoms with Gasteiger partial charge in [-0.2, -0.15) is 0 Å². The predicted octanol–water partition coefficient (Wildman–Crippen LogP) is 9.52. The zero-order valence-corrected chi connectivity index (χ0v) is 28.3. The number of carboxylic acid groups (broad SMARTS) is 1. The summed E-state index contributed by atoms with van der Waals surface area (Å²) in [5, 5.41) is 14.7. The van der Waals surface area contributed by atoms with Crippen LogP contribution in [0.1, 0.15) is 78.6 Å². The lowest BCUT2D eigenvalue weighted by Gasteiger charge is -2.19. The van der Waals surface area contributed by atoms with Gasteiger partial charge in [-0.1, -0.05) is 94.5 Å². The first-order valence-corrected chi connectivity index (χ1v) is 17.2. The number of benzene rings is 3. The molecule has 5 aromatic rings. The zero-order valence-electron chi connectivity index (χ0n) is 27.5. The van der Waals surface area contributed by atoms with Crippen molar-refractivity contribution >= 4 is 34.0 Å². The third-order valence-electron chi connectivity index (χ3n) is 9.04. The minimum atomic E-state index is -1.08. The molecule has 47 heavy (non-hydrogen) atoms. The molecule has 1 amide bonds. The highest BCUT2D eigenvalue weighted by molar-refractivity contribution is 7.15. The number of hydrogen-bond acceptors (Lipinski definition) is 5. The number of carboxylic acids is 1. The Hall–Kier alpha value is -4.49. The molecule has 6 rings (SSSR count). The van der Waals surface area contributed by atoms with E-state index in [1.54, 1.807) is 17.4 Å². The van der Waals surface area contributed by atoms with Crippen molar-refractivity contribution in [3.63, 3.8) is 0 Å². The average Bonchev–Trinajstić information content (AvgIpc) is 3.73. The van der Waals surface area contributed by atoms with E-state index in [-0.39, 0.29) is 17.5 Å². The van der Waals surface area contributed by atoms with Gasteiger partial charge in [-0.15, -0.1) is 11.3 Å². The van der Waals surface area contributed by atoms with Crippen molar-refractivity contribution < 1.29 is 19.4 Å². The number of aromatic nitrogens is 1. The summed E-state index contributed by atoms with van der Waals surface area (Å²) in [6.07, 6.45) is 5.65. The van der Waals surface area contributed by atoms with Gasteiger partial charge in [-0.05, 0) is 83.7 Å². The van der Waals surface area contributed by atoms with Crippen LogP contribution in [0, 0.1) is 12.8 Å². The molecular formula is C40H42N2O4S. The molecule has 6 nitrogen and oxygen atoms in total. The maximum absolute atomic E-state index is 13.6. The van der Waals surface area contributed by atoms with Crippen molar-refractivity contribution in [3.05, 3.63) is 112 Å². The van der Waals surface area contributed by atoms with Crippen LogP contribution >= 0.6 is 11.3 Å². The number of ether oxygens (including phenoxy) is 1. The minimum absolute atomic E-state index is 0.0615. The van der Waals surface area contributed by atoms with Crippen molar-refractivity contribution in [2.24, 2.45) is 5.92 Å². The Kier molecular flexibility index (Phi) is 9.46. The zero-order chi connectivity index (χ0) is 33.1.